The van der Waals surface area contributed by atoms with Gasteiger partial charge in [0.25, 0.3) is 0 Å². The summed E-state index contributed by atoms with van der Waals surface area (Å²) in [6.45, 7) is 1.59. The molecule has 1 unspecified atom stereocenters. The summed E-state index contributed by atoms with van der Waals surface area (Å²) in [5.74, 6) is -1.21. The summed E-state index contributed by atoms with van der Waals surface area (Å²) in [7, 11) is 0. The maximum atomic E-state index is 13.9. The zero-order valence-electron chi connectivity index (χ0n) is 9.55. The van der Waals surface area contributed by atoms with Crippen molar-refractivity contribution < 1.29 is 8.78 Å². The van der Waals surface area contributed by atoms with Crippen molar-refractivity contribution in [2.75, 3.05) is 0 Å². The highest BCUT2D eigenvalue weighted by Gasteiger charge is 2.21. The van der Waals surface area contributed by atoms with Crippen LogP contribution in [0.4, 0.5) is 8.78 Å². The number of hydrogen-bond acceptors (Lipinski definition) is 0. The summed E-state index contributed by atoms with van der Waals surface area (Å²) in [6, 6.07) is 9.69. The summed E-state index contributed by atoms with van der Waals surface area (Å²) >= 11 is 9.47. The summed E-state index contributed by atoms with van der Waals surface area (Å²) < 4.78 is 28.5. The van der Waals surface area contributed by atoms with Crippen LogP contribution < -0.4 is 0 Å². The molecule has 0 aliphatic heterocycles. The van der Waals surface area contributed by atoms with Crippen molar-refractivity contribution in [3.63, 3.8) is 0 Å². The number of alkyl halides is 1. The first-order valence-corrected chi connectivity index (χ1v) is 6.57. The van der Waals surface area contributed by atoms with E-state index in [1.54, 1.807) is 31.2 Å². The van der Waals surface area contributed by atoms with E-state index in [0.29, 0.717) is 11.1 Å². The van der Waals surface area contributed by atoms with Gasteiger partial charge in [0.15, 0.2) is 0 Å². The van der Waals surface area contributed by atoms with Crippen molar-refractivity contribution in [2.24, 2.45) is 0 Å². The summed E-state index contributed by atoms with van der Waals surface area (Å²) in [4.78, 5) is 0. The Morgan fingerprint density at radius 3 is 2.28 bits per heavy atom. The first kappa shape index (κ1) is 13.5. The van der Waals surface area contributed by atoms with Crippen molar-refractivity contribution >= 4 is 27.5 Å². The van der Waals surface area contributed by atoms with Gasteiger partial charge in [0.05, 0.1) is 5.38 Å². The van der Waals surface area contributed by atoms with Crippen LogP contribution in [0.15, 0.2) is 40.9 Å². The van der Waals surface area contributed by atoms with Crippen LogP contribution in [0.5, 0.6) is 0 Å². The summed E-state index contributed by atoms with van der Waals surface area (Å²) in [5.41, 5.74) is 0.941. The van der Waals surface area contributed by atoms with E-state index in [4.69, 9.17) is 11.6 Å². The van der Waals surface area contributed by atoms with Crippen LogP contribution in [0.1, 0.15) is 22.1 Å². The maximum absolute atomic E-state index is 13.9. The highest BCUT2D eigenvalue weighted by molar-refractivity contribution is 9.10. The van der Waals surface area contributed by atoms with Crippen LogP contribution in [0, 0.1) is 18.6 Å². The van der Waals surface area contributed by atoms with Crippen molar-refractivity contribution in [2.45, 2.75) is 12.3 Å². The second kappa shape index (κ2) is 5.37. The fourth-order valence-electron chi connectivity index (χ4n) is 1.71. The Morgan fingerprint density at radius 2 is 1.67 bits per heavy atom. The number of aryl methyl sites for hydroxylation is 1. The lowest BCUT2D eigenvalue weighted by molar-refractivity contribution is 0.553. The molecule has 0 saturated heterocycles. The van der Waals surface area contributed by atoms with Gasteiger partial charge in [-0.3, -0.25) is 0 Å². The highest BCUT2D eigenvalue weighted by atomic mass is 79.9. The van der Waals surface area contributed by atoms with Gasteiger partial charge in [0, 0.05) is 10.0 Å². The van der Waals surface area contributed by atoms with Gasteiger partial charge in [-0.2, -0.15) is 0 Å². The minimum atomic E-state index is -0.835. The van der Waals surface area contributed by atoms with Crippen LogP contribution in [0.2, 0.25) is 0 Å². The SMILES string of the molecule is Cc1ccc(F)c(C(Cl)c2ccc(Br)cc2)c1F. The fourth-order valence-corrected chi connectivity index (χ4v) is 2.32. The number of benzene rings is 2. The molecule has 2 aromatic rings. The topological polar surface area (TPSA) is 0 Å². The predicted molar refractivity (Wildman–Crippen MR) is 72.9 cm³/mol. The molecular weight excluding hydrogens is 322 g/mol. The third-order valence-electron chi connectivity index (χ3n) is 2.74. The lowest BCUT2D eigenvalue weighted by Crippen LogP contribution is -2.02. The van der Waals surface area contributed by atoms with Gasteiger partial charge in [-0.05, 0) is 36.2 Å². The van der Waals surface area contributed by atoms with E-state index in [2.05, 4.69) is 15.9 Å². The Labute approximate surface area is 118 Å². The molecule has 0 nitrogen and oxygen atoms in total. The van der Waals surface area contributed by atoms with Gasteiger partial charge in [-0.1, -0.05) is 34.1 Å². The van der Waals surface area contributed by atoms with E-state index in [1.807, 2.05) is 0 Å². The molecule has 0 aliphatic carbocycles. The minimum absolute atomic E-state index is 0.0982. The lowest BCUT2D eigenvalue weighted by Gasteiger charge is -2.13. The first-order valence-electron chi connectivity index (χ1n) is 5.34. The number of halogens is 4. The van der Waals surface area contributed by atoms with E-state index in [0.717, 1.165) is 4.47 Å². The van der Waals surface area contributed by atoms with Gasteiger partial charge in [-0.15, -0.1) is 11.6 Å². The third-order valence-corrected chi connectivity index (χ3v) is 3.73. The molecule has 0 spiro atoms. The molecule has 0 saturated carbocycles. The van der Waals surface area contributed by atoms with Crippen LogP contribution in [0.25, 0.3) is 0 Å². The van der Waals surface area contributed by atoms with E-state index in [9.17, 15) is 8.78 Å². The molecule has 4 heteroatoms. The van der Waals surface area contributed by atoms with Gasteiger partial charge in [0.1, 0.15) is 11.6 Å². The molecule has 1 atom stereocenters. The molecule has 0 amide bonds. The number of rotatable bonds is 2. The fraction of sp³-hybridized carbons (Fsp3) is 0.143. The summed E-state index contributed by atoms with van der Waals surface area (Å²) in [6.07, 6.45) is 0. The molecule has 0 fully saturated rings. The van der Waals surface area contributed by atoms with Crippen molar-refractivity contribution in [1.29, 1.82) is 0 Å². The second-order valence-corrected chi connectivity index (χ2v) is 5.36. The lowest BCUT2D eigenvalue weighted by atomic mass is 10.0. The molecule has 0 heterocycles. The first-order chi connectivity index (χ1) is 8.50. The average molecular weight is 332 g/mol. The third kappa shape index (κ3) is 2.57. The Morgan fingerprint density at radius 1 is 1.06 bits per heavy atom. The Balaban J connectivity index is 2.49. The van der Waals surface area contributed by atoms with E-state index >= 15 is 0 Å². The van der Waals surface area contributed by atoms with E-state index < -0.39 is 17.0 Å². The molecule has 0 aliphatic rings. The molecule has 2 aromatic carbocycles. The normalized spacial score (nSPS) is 12.5. The molecule has 2 rings (SSSR count). The average Bonchev–Trinajstić information content (AvgIpc) is 2.35. The highest BCUT2D eigenvalue weighted by Crippen LogP contribution is 2.34. The molecule has 0 radical (unpaired) electrons. The largest absolute Gasteiger partial charge is 0.207 e. The zero-order valence-corrected chi connectivity index (χ0v) is 11.9. The van der Waals surface area contributed by atoms with Gasteiger partial charge in [-0.25, -0.2) is 8.78 Å². The van der Waals surface area contributed by atoms with Gasteiger partial charge in [0.2, 0.25) is 0 Å². The van der Waals surface area contributed by atoms with E-state index in [1.165, 1.54) is 12.1 Å². The second-order valence-electron chi connectivity index (χ2n) is 4.01. The molecular formula is C14H10BrClF2. The Hall–Kier alpha value is -0.930. The molecule has 18 heavy (non-hydrogen) atoms. The monoisotopic (exact) mass is 330 g/mol. The summed E-state index contributed by atoms with van der Waals surface area (Å²) in [5, 5.41) is -0.835. The molecule has 0 N–H and O–H groups in total. The molecule has 94 valence electrons. The zero-order chi connectivity index (χ0) is 13.3. The van der Waals surface area contributed by atoms with Gasteiger partial charge >= 0.3 is 0 Å². The van der Waals surface area contributed by atoms with E-state index in [-0.39, 0.29) is 5.56 Å². The quantitative estimate of drug-likeness (QED) is 0.650. The van der Waals surface area contributed by atoms with Crippen LogP contribution in [0.3, 0.4) is 0 Å². The smallest absolute Gasteiger partial charge is 0.134 e. The minimum Gasteiger partial charge on any atom is -0.207 e. The Kier molecular flexibility index (Phi) is 4.03. The van der Waals surface area contributed by atoms with Crippen molar-refractivity contribution in [3.8, 4) is 0 Å². The number of hydrogen-bond donors (Lipinski definition) is 0. The molecule has 0 aromatic heterocycles. The van der Waals surface area contributed by atoms with Crippen molar-refractivity contribution in [3.05, 3.63) is 69.2 Å². The van der Waals surface area contributed by atoms with Gasteiger partial charge < -0.3 is 0 Å². The van der Waals surface area contributed by atoms with Crippen molar-refractivity contribution in [1.82, 2.24) is 0 Å². The predicted octanol–water partition coefficient (Wildman–Crippen LogP) is 5.36. The van der Waals surface area contributed by atoms with Crippen LogP contribution >= 0.6 is 27.5 Å². The standard InChI is InChI=1S/C14H10BrClF2/c1-8-2-7-11(17)12(14(8)18)13(16)9-3-5-10(15)6-4-9/h2-7,13H,1H3. The van der Waals surface area contributed by atoms with Crippen LogP contribution in [-0.4, -0.2) is 0 Å². The maximum Gasteiger partial charge on any atom is 0.134 e. The van der Waals surface area contributed by atoms with Crippen LogP contribution in [-0.2, 0) is 0 Å². The molecule has 0 bridgehead atoms. The Bertz CT molecular complexity index is 567.